The summed E-state index contributed by atoms with van der Waals surface area (Å²) in [4.78, 5) is 29.8. The topological polar surface area (TPSA) is 138 Å². The van der Waals surface area contributed by atoms with Gasteiger partial charge in [-0.3, -0.25) is 25.9 Å². The van der Waals surface area contributed by atoms with Gasteiger partial charge in [0.2, 0.25) is 5.95 Å². The van der Waals surface area contributed by atoms with Crippen molar-refractivity contribution in [2.75, 3.05) is 10.7 Å². The van der Waals surface area contributed by atoms with Crippen LogP contribution in [0.25, 0.3) is 10.2 Å². The van der Waals surface area contributed by atoms with E-state index in [1.165, 1.54) is 0 Å². The van der Waals surface area contributed by atoms with Crippen molar-refractivity contribution in [2.24, 2.45) is 10.9 Å². The number of fused-ring (bicyclic) bond motifs is 3. The van der Waals surface area contributed by atoms with Crippen molar-refractivity contribution in [1.29, 1.82) is 0 Å². The van der Waals surface area contributed by atoms with Crippen molar-refractivity contribution in [3.05, 3.63) is 51.8 Å². The molecule has 0 atom stereocenters. The second-order valence-corrected chi connectivity index (χ2v) is 7.19. The Morgan fingerprint density at radius 3 is 2.75 bits per heavy atom. The lowest BCUT2D eigenvalue weighted by atomic mass is 10.1. The number of thiophene rings is 1. The van der Waals surface area contributed by atoms with E-state index in [0.29, 0.717) is 10.7 Å². The molecule has 1 aliphatic heterocycles. The lowest BCUT2D eigenvalue weighted by Gasteiger charge is -2.09. The first kappa shape index (κ1) is 18.0. The number of nitrogens with one attached hydrogen (secondary N) is 4. The van der Waals surface area contributed by atoms with E-state index in [1.54, 1.807) is 6.92 Å². The Balaban J connectivity index is 1.95. The molecule has 12 heteroatoms. The van der Waals surface area contributed by atoms with Gasteiger partial charge in [-0.15, -0.1) is 11.3 Å². The van der Waals surface area contributed by atoms with Crippen LogP contribution in [0.3, 0.4) is 0 Å². The first-order chi connectivity index (χ1) is 13.5. The summed E-state index contributed by atoms with van der Waals surface area (Å²) in [5, 5.41) is 7.86. The number of amides is 1. The second-order valence-electron chi connectivity index (χ2n) is 5.77. The average Bonchev–Trinajstić information content (AvgIpc) is 2.99. The molecule has 1 aromatic carbocycles. The molecule has 4 rings (SSSR count). The van der Waals surface area contributed by atoms with Crippen LogP contribution in [0.1, 0.15) is 22.8 Å². The first-order valence-electron chi connectivity index (χ1n) is 8.04. The normalized spacial score (nSPS) is 14.0. The highest BCUT2D eigenvalue weighted by molar-refractivity contribution is 7.80. The molecule has 0 aliphatic carbocycles. The van der Waals surface area contributed by atoms with Crippen molar-refractivity contribution < 1.29 is 4.79 Å². The minimum absolute atomic E-state index is 0.000892. The highest BCUT2D eigenvalue weighted by atomic mass is 32.1. The third-order valence-corrected chi connectivity index (χ3v) is 5.29. The number of hydrogen-bond donors (Lipinski definition) is 5. The van der Waals surface area contributed by atoms with Crippen LogP contribution in [0.5, 0.6) is 0 Å². The van der Waals surface area contributed by atoms with Gasteiger partial charge in [0, 0.05) is 0 Å². The van der Waals surface area contributed by atoms with Crippen molar-refractivity contribution in [1.82, 2.24) is 20.5 Å². The van der Waals surface area contributed by atoms with E-state index in [1.807, 2.05) is 30.3 Å². The molecular weight excluding hydrogens is 400 g/mol. The number of nitrogens with two attached hydrogens (primary N) is 1. The third kappa shape index (κ3) is 2.98. The molecule has 0 saturated heterocycles. The van der Waals surface area contributed by atoms with Crippen LogP contribution in [0, 0.1) is 0 Å². The van der Waals surface area contributed by atoms with Gasteiger partial charge in [-0.1, -0.05) is 30.3 Å². The van der Waals surface area contributed by atoms with Crippen LogP contribution in [-0.2, 0) is 0 Å². The van der Waals surface area contributed by atoms with E-state index < -0.39 is 11.5 Å². The molecule has 28 heavy (non-hydrogen) atoms. The van der Waals surface area contributed by atoms with E-state index in [2.05, 4.69) is 31.7 Å². The lowest BCUT2D eigenvalue weighted by Crippen LogP contribution is -2.40. The number of hydrogen-bond acceptors (Lipinski definition) is 8. The Morgan fingerprint density at radius 1 is 1.29 bits per heavy atom. The minimum Gasteiger partial charge on any atom is -0.322 e. The highest BCUT2D eigenvalue weighted by Crippen LogP contribution is 2.34. The average molecular weight is 414 g/mol. The summed E-state index contributed by atoms with van der Waals surface area (Å²) in [6, 6.07) is 9.39. The fraction of sp³-hybridized carbons (Fsp3) is 0.0625. The predicted molar refractivity (Wildman–Crippen MR) is 113 cm³/mol. The number of rotatable bonds is 3. The quantitative estimate of drug-likeness (QED) is 0.185. The molecule has 6 N–H and O–H groups in total. The number of anilines is 2. The molecule has 0 saturated carbocycles. The zero-order chi connectivity index (χ0) is 19.8. The smallest absolute Gasteiger partial charge is 0.293 e. The maximum atomic E-state index is 13.1. The number of nitrogens with zero attached hydrogens (tertiary/aromatic N) is 3. The fourth-order valence-electron chi connectivity index (χ4n) is 2.70. The van der Waals surface area contributed by atoms with Crippen LogP contribution >= 0.6 is 23.6 Å². The van der Waals surface area contributed by atoms with Crippen LogP contribution in [0.15, 0.2) is 40.2 Å². The van der Waals surface area contributed by atoms with Gasteiger partial charge in [0.05, 0.1) is 5.71 Å². The van der Waals surface area contributed by atoms with Crippen molar-refractivity contribution in [3.63, 3.8) is 0 Å². The summed E-state index contributed by atoms with van der Waals surface area (Å²) in [5.74, 6) is 5.10. The number of carbonyl (C=O) groups excluding carboxylic acids is 1. The Bertz CT molecular complexity index is 1200. The van der Waals surface area contributed by atoms with Crippen LogP contribution < -0.4 is 33.0 Å². The molecule has 0 bridgehead atoms. The monoisotopic (exact) mass is 414 g/mol. The summed E-state index contributed by atoms with van der Waals surface area (Å²) in [7, 11) is 0. The number of nitrogen functional groups attached to an aromatic ring is 1. The van der Waals surface area contributed by atoms with Crippen molar-refractivity contribution in [2.45, 2.75) is 6.92 Å². The van der Waals surface area contributed by atoms with Gasteiger partial charge >= 0.3 is 0 Å². The number of benzene rings is 1. The molecule has 0 radical (unpaired) electrons. The zero-order valence-electron chi connectivity index (χ0n) is 14.4. The van der Waals surface area contributed by atoms with Crippen LogP contribution in [-0.4, -0.2) is 26.4 Å². The Labute approximate surface area is 167 Å². The fourth-order valence-corrected chi connectivity index (χ4v) is 3.99. The lowest BCUT2D eigenvalue weighted by molar-refractivity contribution is 0.0948. The number of aromatic nitrogens is 2. The minimum atomic E-state index is -0.467. The maximum Gasteiger partial charge on any atom is 0.293 e. The molecule has 10 nitrogen and oxygen atoms in total. The van der Waals surface area contributed by atoms with Gasteiger partial charge in [-0.2, -0.15) is 9.78 Å². The standard InChI is InChI=1S/C16H14N8O2S2/c1-7(8-5-3-2-4-6-8)23-24-14(26)11-10(18-15(24)20-17)9-12(25)21-22-16(27)19-13(9)28-11/h2-6H,17H2,1H3,(H,18,20)(H,21,25)(H2,19,22,27)/b23-7+. The summed E-state index contributed by atoms with van der Waals surface area (Å²) >= 11 is 6.13. The summed E-state index contributed by atoms with van der Waals surface area (Å²) in [5.41, 5.74) is 8.76. The van der Waals surface area contributed by atoms with Crippen molar-refractivity contribution >= 4 is 61.5 Å². The predicted octanol–water partition coefficient (Wildman–Crippen LogP) is 0.961. The Morgan fingerprint density at radius 2 is 2.04 bits per heavy atom. The van der Waals surface area contributed by atoms with E-state index in [9.17, 15) is 9.59 Å². The molecule has 0 spiro atoms. The molecule has 3 heterocycles. The molecule has 3 aromatic rings. The van der Waals surface area contributed by atoms with Gasteiger partial charge in [-0.05, 0) is 24.7 Å². The maximum absolute atomic E-state index is 13.1. The van der Waals surface area contributed by atoms with Crippen LogP contribution in [0.2, 0.25) is 0 Å². The third-order valence-electron chi connectivity index (χ3n) is 4.00. The van der Waals surface area contributed by atoms with Crippen molar-refractivity contribution in [3.8, 4) is 0 Å². The van der Waals surface area contributed by atoms with Gasteiger partial charge < -0.3 is 5.32 Å². The molecule has 142 valence electrons. The number of hydrazine groups is 2. The molecule has 1 amide bonds. The van der Waals surface area contributed by atoms with Gasteiger partial charge in [0.25, 0.3) is 11.5 Å². The summed E-state index contributed by atoms with van der Waals surface area (Å²) in [6.45, 7) is 1.77. The molecule has 0 unspecified atom stereocenters. The Hall–Kier alpha value is -3.35. The molecule has 0 fully saturated rings. The molecular formula is C16H14N8O2S2. The van der Waals surface area contributed by atoms with Gasteiger partial charge in [-0.25, -0.2) is 10.8 Å². The SMILES string of the molecule is C/C(=N\n1c(NN)nc2c3c(sc2c1=O)NC(=S)NNC3=O)c1ccccc1. The second kappa shape index (κ2) is 6.99. The van der Waals surface area contributed by atoms with Crippen LogP contribution in [0.4, 0.5) is 10.9 Å². The van der Waals surface area contributed by atoms with Gasteiger partial charge in [0.1, 0.15) is 20.8 Å². The number of carbonyl (C=O) groups is 1. The largest absolute Gasteiger partial charge is 0.322 e. The van der Waals surface area contributed by atoms with Gasteiger partial charge in [0.15, 0.2) is 5.11 Å². The molecule has 1 aliphatic rings. The zero-order valence-corrected chi connectivity index (χ0v) is 16.1. The summed E-state index contributed by atoms with van der Waals surface area (Å²) < 4.78 is 1.33. The number of thiocarbonyl (C=S) groups is 1. The first-order valence-corrected chi connectivity index (χ1v) is 9.26. The van der Waals surface area contributed by atoms with E-state index in [0.717, 1.165) is 21.6 Å². The molecule has 2 aromatic heterocycles. The van der Waals surface area contributed by atoms with E-state index in [-0.39, 0.29) is 26.8 Å². The van der Waals surface area contributed by atoms with E-state index in [4.69, 9.17) is 18.1 Å². The Kier molecular flexibility index (Phi) is 4.50. The highest BCUT2D eigenvalue weighted by Gasteiger charge is 2.27. The van der Waals surface area contributed by atoms with E-state index >= 15 is 0 Å². The summed E-state index contributed by atoms with van der Waals surface area (Å²) in [6.07, 6.45) is 0.